The molecule has 0 radical (unpaired) electrons. The molecule has 1 aliphatic carbocycles. The minimum Gasteiger partial charge on any atom is -0.493 e. The molecule has 0 heterocycles. The zero-order chi connectivity index (χ0) is 69.1. The smallest absolute Gasteiger partial charge is 0.331 e. The van der Waals surface area contributed by atoms with E-state index in [0.717, 1.165) is 217 Å². The first-order chi connectivity index (χ1) is 46.8. The number of carbonyl (C=O) groups excluding carboxylic acids is 6. The first-order valence-corrected chi connectivity index (χ1v) is 35.3. The molecule has 8 bridgehead atoms. The van der Waals surface area contributed by atoms with Gasteiger partial charge in [0.25, 0.3) is 0 Å². The first-order valence-electron chi connectivity index (χ1n) is 35.3. The van der Waals surface area contributed by atoms with Crippen molar-refractivity contribution in [3.63, 3.8) is 0 Å². The van der Waals surface area contributed by atoms with Gasteiger partial charge in [-0.2, -0.15) is 0 Å². The Balaban J connectivity index is 1.91. The highest BCUT2D eigenvalue weighted by Gasteiger charge is 2.26. The summed E-state index contributed by atoms with van der Waals surface area (Å²) < 4.78 is 60.6. The molecule has 5 rings (SSSR count). The Morgan fingerprint density at radius 1 is 0.302 bits per heavy atom. The van der Waals surface area contributed by atoms with Crippen LogP contribution in [0.25, 0.3) is 0 Å². The molecular weight excluding hydrogens is 1220 g/mol. The van der Waals surface area contributed by atoms with E-state index >= 15 is 0 Å². The summed E-state index contributed by atoms with van der Waals surface area (Å²) in [5, 5.41) is 0. The average Bonchev–Trinajstić information content (AvgIpc) is 0.780. The van der Waals surface area contributed by atoms with Crippen molar-refractivity contribution in [2.45, 2.75) is 207 Å². The molecule has 0 saturated carbocycles. The fourth-order valence-corrected chi connectivity index (χ4v) is 11.7. The van der Waals surface area contributed by atoms with Crippen molar-refractivity contribution in [1.82, 2.24) is 0 Å². The molecule has 0 atom stereocenters. The van der Waals surface area contributed by atoms with Crippen LogP contribution in [0.5, 0.6) is 23.0 Å². The molecule has 0 saturated heterocycles. The molecule has 0 spiro atoms. The van der Waals surface area contributed by atoms with Crippen LogP contribution < -0.4 is 18.9 Å². The summed E-state index contributed by atoms with van der Waals surface area (Å²) in [6, 6.07) is 17.9. The molecule has 0 aromatic heterocycles. The molecule has 0 N–H and O–H groups in total. The summed E-state index contributed by atoms with van der Waals surface area (Å²) >= 11 is 0. The lowest BCUT2D eigenvalue weighted by Crippen LogP contribution is -2.13. The molecule has 4 aromatic rings. The van der Waals surface area contributed by atoms with Gasteiger partial charge in [0.2, 0.25) is 0 Å². The molecule has 0 amide bonds. The summed E-state index contributed by atoms with van der Waals surface area (Å²) in [6.45, 7) is 18.6. The summed E-state index contributed by atoms with van der Waals surface area (Å²) in [4.78, 5) is 74.0. The van der Waals surface area contributed by atoms with Gasteiger partial charge in [-0.25, -0.2) is 28.8 Å². The zero-order valence-corrected chi connectivity index (χ0v) is 58.5. The molecule has 16 nitrogen and oxygen atoms in total. The van der Waals surface area contributed by atoms with Gasteiger partial charge in [-0.05, 0) is 144 Å². The topological polar surface area (TPSA) is 195 Å². The van der Waals surface area contributed by atoms with Crippen LogP contribution in [0.4, 0.5) is 0 Å². The van der Waals surface area contributed by atoms with E-state index in [2.05, 4.69) is 98.9 Å². The number of benzene rings is 4. The summed E-state index contributed by atoms with van der Waals surface area (Å²) in [6.07, 6.45) is 28.7. The molecule has 4 aromatic carbocycles. The molecule has 1 aliphatic rings. The summed E-state index contributed by atoms with van der Waals surface area (Å²) in [5.74, 6) is -0.413. The van der Waals surface area contributed by atoms with Crippen LogP contribution in [0.3, 0.4) is 0 Å². The van der Waals surface area contributed by atoms with Crippen molar-refractivity contribution in [2.75, 3.05) is 67.1 Å². The molecule has 0 aliphatic heterocycles. The normalized spacial score (nSPS) is 11.8. The maximum atomic E-state index is 12.8. The van der Waals surface area contributed by atoms with Crippen molar-refractivity contribution in [3.05, 3.63) is 165 Å². The molecule has 524 valence electrons. The fraction of sp³-hybridized carbons (Fsp3) is 0.525. The van der Waals surface area contributed by atoms with Crippen LogP contribution in [-0.4, -0.2) is 103 Å². The molecule has 16 heteroatoms. The second-order valence-electron chi connectivity index (χ2n) is 24.5. The molecule has 0 unspecified atom stereocenters. The number of rotatable bonds is 46. The van der Waals surface area contributed by atoms with E-state index < -0.39 is 35.8 Å². The fourth-order valence-electron chi connectivity index (χ4n) is 11.7. The number of hydrogen-bond acceptors (Lipinski definition) is 16. The molecular formula is C80H108O16. The molecule has 96 heavy (non-hydrogen) atoms. The van der Waals surface area contributed by atoms with Gasteiger partial charge >= 0.3 is 35.8 Å². The van der Waals surface area contributed by atoms with Crippen molar-refractivity contribution in [1.29, 1.82) is 0 Å². The second kappa shape index (κ2) is 46.1. The zero-order valence-electron chi connectivity index (χ0n) is 58.5. The van der Waals surface area contributed by atoms with E-state index in [1.54, 1.807) is 0 Å². The maximum Gasteiger partial charge on any atom is 0.331 e. The lowest BCUT2D eigenvalue weighted by molar-refractivity contribution is -0.139. The number of aryl methyl sites for hydroxylation is 4. The minimum atomic E-state index is -0.657. The summed E-state index contributed by atoms with van der Waals surface area (Å²) in [7, 11) is 2.49. The number of hydrogen-bond donors (Lipinski definition) is 0. The lowest BCUT2D eigenvalue weighted by atomic mass is 9.87. The van der Waals surface area contributed by atoms with Crippen LogP contribution in [0.15, 0.2) is 98.1 Å². The standard InChI is InChI=1S/C80H108O16/c1-9-15-19-23-39-93-77-63-47-59(31-27-43-89-71(81)13-5)49-65(77)56-67-51-61(33-29-45-91-75(85)37-35-73(83)87-7)53-69(79(67)95-41-25-21-17-11-3)58-70-54-62(34-30-46-92-76(86)38-36-74(84)88-8)52-68(80(70)96-42-26-22-18-12-4)57-66-50-60(32-28-44-90-72(82)14-6)48-64(55-63)78(66)94-40-24-20-16-10-2/h13-14,35-38,47-54H,5-6,9-12,15-34,39-46,55-58H2,1-4,7-8H3/b37-35-,38-36-. The SMILES string of the molecule is C=CC(=O)OCCCc1cc2c(OCCCCCC)c(c1)Cc1cc(CCCOC(=O)/C=C\C(=O)OC)cc(c1OCCCCCC)Cc1cc(CCCOC(=O)/C=C\C(=O)OC)cc(c1OCCCCCC)Cc1cc(CCCOC(=O)C=C)cc(c1OCCCCCC)C2. The third-order valence-electron chi connectivity index (χ3n) is 16.6. The number of methoxy groups -OCH3 is 2. The predicted molar refractivity (Wildman–Crippen MR) is 375 cm³/mol. The Kier molecular flexibility index (Phi) is 37.7. The van der Waals surface area contributed by atoms with Gasteiger partial charge in [0.1, 0.15) is 23.0 Å². The van der Waals surface area contributed by atoms with Crippen molar-refractivity contribution in [3.8, 4) is 23.0 Å². The van der Waals surface area contributed by atoms with E-state index in [1.807, 2.05) is 0 Å². The van der Waals surface area contributed by atoms with Crippen LogP contribution in [0, 0.1) is 0 Å². The second-order valence-corrected chi connectivity index (χ2v) is 24.5. The van der Waals surface area contributed by atoms with Crippen LogP contribution in [-0.2, 0) is 109 Å². The highest BCUT2D eigenvalue weighted by atomic mass is 16.6. The number of carbonyl (C=O) groups is 6. The van der Waals surface area contributed by atoms with Gasteiger partial charge in [-0.1, -0.05) is 166 Å². The van der Waals surface area contributed by atoms with Gasteiger partial charge in [-0.15, -0.1) is 0 Å². The minimum absolute atomic E-state index is 0.0988. The van der Waals surface area contributed by atoms with E-state index in [-0.39, 0.29) is 26.4 Å². The Morgan fingerprint density at radius 3 is 0.729 bits per heavy atom. The van der Waals surface area contributed by atoms with Crippen molar-refractivity contribution >= 4 is 35.8 Å². The van der Waals surface area contributed by atoms with Crippen LogP contribution in [0.2, 0.25) is 0 Å². The monoisotopic (exact) mass is 1320 g/mol. The quantitative estimate of drug-likeness (QED) is 0.0154. The Labute approximate surface area is 571 Å². The van der Waals surface area contributed by atoms with E-state index in [1.165, 1.54) is 26.4 Å². The van der Waals surface area contributed by atoms with Gasteiger partial charge in [0.05, 0.1) is 67.1 Å². The maximum absolute atomic E-state index is 12.8. The third-order valence-corrected chi connectivity index (χ3v) is 16.6. The highest BCUT2D eigenvalue weighted by Crippen LogP contribution is 2.42. The van der Waals surface area contributed by atoms with Gasteiger partial charge in [0, 0.05) is 62.1 Å². The molecule has 0 fully saturated rings. The van der Waals surface area contributed by atoms with E-state index in [0.29, 0.717) is 103 Å². The van der Waals surface area contributed by atoms with Crippen LogP contribution in [0.1, 0.15) is 223 Å². The van der Waals surface area contributed by atoms with Gasteiger partial charge < -0.3 is 47.4 Å². The Bertz CT molecular complexity index is 2960. The predicted octanol–water partition coefficient (Wildman–Crippen LogP) is 15.9. The number of ether oxygens (including phenoxy) is 10. The Hall–Kier alpha value is -8.14. The first kappa shape index (κ1) is 78.6. The van der Waals surface area contributed by atoms with Crippen LogP contribution >= 0.6 is 0 Å². The van der Waals surface area contributed by atoms with Crippen molar-refractivity contribution < 1.29 is 76.1 Å². The van der Waals surface area contributed by atoms with E-state index in [9.17, 15) is 28.8 Å². The number of esters is 6. The van der Waals surface area contributed by atoms with Gasteiger partial charge in [-0.3, -0.25) is 0 Å². The number of fused-ring (bicyclic) bond motifs is 8. The number of unbranched alkanes of at least 4 members (excludes halogenated alkanes) is 12. The summed E-state index contributed by atoms with van der Waals surface area (Å²) in [5.41, 5.74) is 11.8. The Morgan fingerprint density at radius 2 is 0.521 bits per heavy atom. The lowest BCUT2D eigenvalue weighted by Gasteiger charge is -2.25. The van der Waals surface area contributed by atoms with E-state index in [4.69, 9.17) is 37.9 Å². The van der Waals surface area contributed by atoms with Crippen molar-refractivity contribution in [2.24, 2.45) is 0 Å². The highest BCUT2D eigenvalue weighted by molar-refractivity contribution is 5.92. The van der Waals surface area contributed by atoms with Gasteiger partial charge in [0.15, 0.2) is 0 Å². The average molecular weight is 1330 g/mol. The third kappa shape index (κ3) is 29.1. The largest absolute Gasteiger partial charge is 0.493 e.